The van der Waals surface area contributed by atoms with Crippen LogP contribution in [0.3, 0.4) is 0 Å². The zero-order valence-electron chi connectivity index (χ0n) is 34.2. The van der Waals surface area contributed by atoms with E-state index in [0.29, 0.717) is 49.3 Å². The van der Waals surface area contributed by atoms with Crippen LogP contribution in [0.1, 0.15) is 91.0 Å². The van der Waals surface area contributed by atoms with Crippen molar-refractivity contribution >= 4 is 51.7 Å². The van der Waals surface area contributed by atoms with Gasteiger partial charge in [0.1, 0.15) is 12.1 Å². The van der Waals surface area contributed by atoms with Crippen LogP contribution in [-0.4, -0.2) is 101 Å². The zero-order chi connectivity index (χ0) is 41.9. The number of aromatic nitrogens is 1. The first-order valence-corrected chi connectivity index (χ1v) is 22.5. The summed E-state index contributed by atoms with van der Waals surface area (Å²) in [4.78, 5) is 74.9. The third-order valence-corrected chi connectivity index (χ3v) is 13.9. The van der Waals surface area contributed by atoms with Gasteiger partial charge in [-0.25, -0.2) is 4.98 Å². The number of benzene rings is 3. The van der Waals surface area contributed by atoms with Crippen LogP contribution < -0.4 is 21.3 Å². The number of hydrogen-bond donors (Lipinski definition) is 4. The molecule has 3 saturated heterocycles. The number of amides is 5. The maximum absolute atomic E-state index is 14.0. The third-order valence-electron chi connectivity index (χ3n) is 13.2. The summed E-state index contributed by atoms with van der Waals surface area (Å²) in [6.07, 6.45) is 6.97. The summed E-state index contributed by atoms with van der Waals surface area (Å²) in [6.45, 7) is 4.82. The third kappa shape index (κ3) is 9.11. The number of piperidine rings is 3. The Morgan fingerprint density at radius 1 is 0.803 bits per heavy atom. The van der Waals surface area contributed by atoms with E-state index < -0.39 is 12.1 Å². The molecule has 1 aromatic heterocycles. The molecule has 0 aliphatic carbocycles. The minimum Gasteiger partial charge on any atom is -0.386 e. The number of nitrogens with zero attached hydrogens (tertiary/aromatic N) is 4. The van der Waals surface area contributed by atoms with Crippen LogP contribution in [0.25, 0.3) is 0 Å². The number of thiazole rings is 1. The highest BCUT2D eigenvalue weighted by atomic mass is 32.1. The summed E-state index contributed by atoms with van der Waals surface area (Å²) in [7, 11) is 0. The molecule has 316 valence electrons. The Morgan fingerprint density at radius 2 is 1.46 bits per heavy atom. The van der Waals surface area contributed by atoms with Crippen LogP contribution >= 0.6 is 11.3 Å². The number of anilines is 2. The highest BCUT2D eigenvalue weighted by Gasteiger charge is 2.42. The van der Waals surface area contributed by atoms with Crippen molar-refractivity contribution in [2.45, 2.75) is 74.8 Å². The summed E-state index contributed by atoms with van der Waals surface area (Å²) in [5, 5.41) is 14.4. The van der Waals surface area contributed by atoms with E-state index in [1.165, 1.54) is 28.0 Å². The minimum absolute atomic E-state index is 0.108. The molecule has 6 heterocycles. The molecule has 61 heavy (non-hydrogen) atoms. The number of rotatable bonds is 11. The Kier molecular flexibility index (Phi) is 12.0. The second-order valence-corrected chi connectivity index (χ2v) is 17.8. The van der Waals surface area contributed by atoms with Crippen LogP contribution in [0.5, 0.6) is 0 Å². The molecule has 4 N–H and O–H groups in total. The minimum atomic E-state index is -0.780. The summed E-state index contributed by atoms with van der Waals surface area (Å²) in [5.74, 6) is 0.304. The quantitative estimate of drug-likeness (QED) is 0.143. The molecular formula is C47H52N8O5S. The molecule has 4 aromatic rings. The molecule has 0 spiro atoms. The average molecular weight is 841 g/mol. The van der Waals surface area contributed by atoms with Crippen molar-refractivity contribution in [2.24, 2.45) is 0 Å². The van der Waals surface area contributed by atoms with E-state index in [0.717, 1.165) is 80.9 Å². The summed E-state index contributed by atoms with van der Waals surface area (Å²) in [6, 6.07) is 25.4. The van der Waals surface area contributed by atoms with Crippen LogP contribution in [0, 0.1) is 0 Å². The topological polar surface area (TPSA) is 156 Å². The van der Waals surface area contributed by atoms with Crippen molar-refractivity contribution in [3.05, 3.63) is 124 Å². The average Bonchev–Trinajstić information content (AvgIpc) is 3.92. The lowest BCUT2D eigenvalue weighted by molar-refractivity contribution is -0.134. The van der Waals surface area contributed by atoms with Crippen molar-refractivity contribution in [1.29, 1.82) is 0 Å². The van der Waals surface area contributed by atoms with E-state index in [9.17, 15) is 24.0 Å². The van der Waals surface area contributed by atoms with Gasteiger partial charge in [-0.05, 0) is 97.8 Å². The van der Waals surface area contributed by atoms with Crippen molar-refractivity contribution in [1.82, 2.24) is 30.3 Å². The monoisotopic (exact) mass is 840 g/mol. The molecule has 3 aromatic carbocycles. The fourth-order valence-corrected chi connectivity index (χ4v) is 10.2. The molecule has 3 fully saturated rings. The normalized spacial score (nSPS) is 22.1. The maximum atomic E-state index is 14.0. The molecular weight excluding hydrogens is 789 g/mol. The Hall–Kier alpha value is -5.86. The van der Waals surface area contributed by atoms with Crippen molar-refractivity contribution in [3.8, 4) is 0 Å². The first-order valence-electron chi connectivity index (χ1n) is 21.6. The van der Waals surface area contributed by atoms with Gasteiger partial charge in [-0.1, -0.05) is 66.7 Å². The Bertz CT molecular complexity index is 2270. The van der Waals surface area contributed by atoms with Gasteiger partial charge >= 0.3 is 0 Å². The van der Waals surface area contributed by atoms with Gasteiger partial charge in [0.2, 0.25) is 17.7 Å². The molecule has 14 heteroatoms. The van der Waals surface area contributed by atoms with Crippen molar-refractivity contribution in [2.75, 3.05) is 56.4 Å². The summed E-state index contributed by atoms with van der Waals surface area (Å²) in [5.41, 5.74) is 7.03. The maximum Gasteiger partial charge on any atom is 0.253 e. The second-order valence-electron chi connectivity index (χ2n) is 17.0. The molecule has 5 aliphatic heterocycles. The smallest absolute Gasteiger partial charge is 0.253 e. The molecule has 3 unspecified atom stereocenters. The van der Waals surface area contributed by atoms with Crippen LogP contribution in [0.4, 0.5) is 10.8 Å². The highest BCUT2D eigenvalue weighted by molar-refractivity contribution is 7.13. The molecule has 0 saturated carbocycles. The SMILES string of the molecule is O=C1CCC(Nc2ccc(C3CCN(CC(=O)N4CCC(c5ccc(C6CNC7=C(C6)C(=O)N(C(C(=O)Nc6nccs6)c6ccccc6)C7)cc5)CC4)CC3)cc2)C(=O)N1. The first-order chi connectivity index (χ1) is 29.8. The largest absolute Gasteiger partial charge is 0.386 e. The van der Waals surface area contributed by atoms with Gasteiger partial charge in [-0.3, -0.25) is 39.5 Å². The van der Waals surface area contributed by atoms with E-state index in [4.69, 9.17) is 0 Å². The van der Waals surface area contributed by atoms with Gasteiger partial charge in [0.05, 0.1) is 13.1 Å². The predicted octanol–water partition coefficient (Wildman–Crippen LogP) is 5.50. The van der Waals surface area contributed by atoms with Crippen LogP contribution in [0.2, 0.25) is 0 Å². The number of hydrogen-bond acceptors (Lipinski definition) is 10. The fourth-order valence-electron chi connectivity index (χ4n) is 9.69. The van der Waals surface area contributed by atoms with Crippen LogP contribution in [-0.2, 0) is 24.0 Å². The molecule has 13 nitrogen and oxygen atoms in total. The van der Waals surface area contributed by atoms with E-state index >= 15 is 0 Å². The molecule has 9 rings (SSSR count). The molecule has 3 atom stereocenters. The number of carbonyl (C=O) groups excluding carboxylic acids is 5. The summed E-state index contributed by atoms with van der Waals surface area (Å²) < 4.78 is 0. The number of nitrogens with one attached hydrogen (secondary N) is 4. The van der Waals surface area contributed by atoms with Gasteiger partial charge < -0.3 is 20.4 Å². The Morgan fingerprint density at radius 3 is 2.11 bits per heavy atom. The lowest BCUT2D eigenvalue weighted by atomic mass is 9.85. The molecule has 0 bridgehead atoms. The zero-order valence-corrected chi connectivity index (χ0v) is 35.0. The van der Waals surface area contributed by atoms with Gasteiger partial charge in [0.25, 0.3) is 11.8 Å². The standard InChI is InChI=1S/C47H52N8O5S/c56-41-15-14-39(44(58)51-41)50-37-12-10-31(11-13-37)33-16-21-53(22-17-33)29-42(57)54-23-18-34(19-24-54)30-6-8-32(9-7-30)36-26-38-40(49-27-36)28-55(46(38)60)43(35-4-2-1-3-5-35)45(59)52-47-48-20-25-61-47/h1-13,20,25,33-34,36,39,43,49-50H,14-19,21-24,26-29H2,(H,48,52,59)(H,51,56,58). The van der Waals surface area contributed by atoms with Gasteiger partial charge in [-0.15, -0.1) is 11.3 Å². The lowest BCUT2D eigenvalue weighted by Gasteiger charge is -2.36. The van der Waals surface area contributed by atoms with Gasteiger partial charge in [0.15, 0.2) is 5.13 Å². The van der Waals surface area contributed by atoms with E-state index in [1.54, 1.807) is 16.5 Å². The van der Waals surface area contributed by atoms with Crippen molar-refractivity contribution in [3.63, 3.8) is 0 Å². The Labute approximate surface area is 360 Å². The fraction of sp³-hybridized carbons (Fsp3) is 0.404. The van der Waals surface area contributed by atoms with E-state index in [-0.39, 0.29) is 35.5 Å². The highest BCUT2D eigenvalue weighted by Crippen LogP contribution is 2.38. The predicted molar refractivity (Wildman–Crippen MR) is 234 cm³/mol. The second kappa shape index (κ2) is 18.0. The van der Waals surface area contributed by atoms with Crippen molar-refractivity contribution < 1.29 is 24.0 Å². The summed E-state index contributed by atoms with van der Waals surface area (Å²) >= 11 is 1.35. The first kappa shape index (κ1) is 40.5. The lowest BCUT2D eigenvalue weighted by Crippen LogP contribution is -2.47. The Balaban J connectivity index is 0.728. The molecule has 5 amide bonds. The number of imide groups is 1. The van der Waals surface area contributed by atoms with Crippen LogP contribution in [0.15, 0.2) is 102 Å². The van der Waals surface area contributed by atoms with E-state index in [1.807, 2.05) is 47.4 Å². The number of likely N-dealkylation sites (tertiary alicyclic amines) is 2. The number of carbonyl (C=O) groups is 5. The van der Waals surface area contributed by atoms with Gasteiger partial charge in [0, 0.05) is 60.5 Å². The molecule has 0 radical (unpaired) electrons. The van der Waals surface area contributed by atoms with E-state index in [2.05, 4.69) is 67.5 Å². The molecule has 5 aliphatic rings. The van der Waals surface area contributed by atoms with Gasteiger partial charge in [-0.2, -0.15) is 0 Å².